The first-order chi connectivity index (χ1) is 14.1. The minimum absolute atomic E-state index is 0.176. The van der Waals surface area contributed by atoms with Crippen LogP contribution in [0.1, 0.15) is 10.4 Å². The van der Waals surface area contributed by atoms with Crippen LogP contribution in [-0.4, -0.2) is 40.9 Å². The predicted molar refractivity (Wildman–Crippen MR) is 104 cm³/mol. The molecular weight excluding hydrogens is 373 g/mol. The number of fused-ring (bicyclic) bond motifs is 3. The van der Waals surface area contributed by atoms with E-state index in [4.69, 9.17) is 0 Å². The minimum atomic E-state index is -0.899. The molecule has 0 spiro atoms. The molecule has 0 unspecified atom stereocenters. The van der Waals surface area contributed by atoms with Gasteiger partial charge in [0.15, 0.2) is 5.78 Å². The van der Waals surface area contributed by atoms with Crippen LogP contribution in [0.25, 0.3) is 0 Å². The molecule has 144 valence electrons. The molecule has 2 aromatic rings. The smallest absolute Gasteiger partial charge is 0.240 e. The van der Waals surface area contributed by atoms with Crippen molar-refractivity contribution in [1.29, 1.82) is 0 Å². The third-order valence-electron chi connectivity index (χ3n) is 5.68. The van der Waals surface area contributed by atoms with Gasteiger partial charge in [-0.25, -0.2) is 9.29 Å². The standard InChI is InChI=1S/C22H16FN3O3/c23-14-8-4-9-15(12-14)25-21(28)17-16-10-5-11-24-26(16)19(18(17)22(25)29)20(27)13-6-2-1-3-7-13/h1-12,16-19H/t16-,17-,18+,19-/m1/s1. The second kappa shape index (κ2) is 6.48. The molecular formula is C22H16FN3O3. The summed E-state index contributed by atoms with van der Waals surface area (Å²) >= 11 is 0. The number of hydrogen-bond acceptors (Lipinski definition) is 5. The van der Waals surface area contributed by atoms with E-state index in [-0.39, 0.29) is 11.5 Å². The van der Waals surface area contributed by atoms with Crippen LogP contribution in [0.4, 0.5) is 10.1 Å². The van der Waals surface area contributed by atoms with Crippen molar-refractivity contribution < 1.29 is 18.8 Å². The number of halogens is 1. The highest BCUT2D eigenvalue weighted by Crippen LogP contribution is 2.46. The van der Waals surface area contributed by atoms with Gasteiger partial charge in [0.2, 0.25) is 11.8 Å². The molecule has 0 radical (unpaired) electrons. The fourth-order valence-electron chi connectivity index (χ4n) is 4.48. The Hall–Kier alpha value is -3.61. The number of allylic oxidation sites excluding steroid dienone is 1. The van der Waals surface area contributed by atoms with E-state index in [2.05, 4.69) is 5.10 Å². The maximum Gasteiger partial charge on any atom is 0.240 e. The van der Waals surface area contributed by atoms with Gasteiger partial charge < -0.3 is 0 Å². The van der Waals surface area contributed by atoms with Gasteiger partial charge in [-0.2, -0.15) is 5.10 Å². The van der Waals surface area contributed by atoms with Crippen molar-refractivity contribution in [2.45, 2.75) is 12.1 Å². The number of anilines is 1. The molecule has 0 aliphatic carbocycles. The Labute approximate surface area is 165 Å². The van der Waals surface area contributed by atoms with Crippen molar-refractivity contribution >= 4 is 29.5 Å². The summed E-state index contributed by atoms with van der Waals surface area (Å²) in [5.41, 5.74) is 0.626. The van der Waals surface area contributed by atoms with Crippen LogP contribution in [0.15, 0.2) is 71.9 Å². The third-order valence-corrected chi connectivity index (χ3v) is 5.68. The molecule has 0 N–H and O–H groups in total. The summed E-state index contributed by atoms with van der Waals surface area (Å²) in [5, 5.41) is 5.86. The molecule has 2 amide bonds. The van der Waals surface area contributed by atoms with Gasteiger partial charge in [0.25, 0.3) is 0 Å². The van der Waals surface area contributed by atoms with Crippen molar-refractivity contribution in [3.05, 3.63) is 78.1 Å². The quantitative estimate of drug-likeness (QED) is 0.597. The maximum absolute atomic E-state index is 13.7. The highest BCUT2D eigenvalue weighted by molar-refractivity contribution is 6.24. The lowest BCUT2D eigenvalue weighted by molar-refractivity contribution is -0.123. The van der Waals surface area contributed by atoms with Crippen molar-refractivity contribution in [3.63, 3.8) is 0 Å². The number of imide groups is 1. The summed E-state index contributed by atoms with van der Waals surface area (Å²) in [4.78, 5) is 40.9. The first kappa shape index (κ1) is 17.5. The largest absolute Gasteiger partial charge is 0.292 e. The molecule has 4 atom stereocenters. The number of carbonyl (C=O) groups excluding carboxylic acids is 3. The van der Waals surface area contributed by atoms with Crippen molar-refractivity contribution in [2.75, 3.05) is 4.90 Å². The maximum atomic E-state index is 13.7. The molecule has 5 rings (SSSR count). The minimum Gasteiger partial charge on any atom is -0.292 e. The van der Waals surface area contributed by atoms with E-state index in [1.807, 2.05) is 0 Å². The van der Waals surface area contributed by atoms with Crippen LogP contribution in [0.5, 0.6) is 0 Å². The Morgan fingerprint density at radius 2 is 1.72 bits per heavy atom. The lowest BCUT2D eigenvalue weighted by Gasteiger charge is -2.30. The predicted octanol–water partition coefficient (Wildman–Crippen LogP) is 2.42. The molecule has 3 heterocycles. The first-order valence-electron chi connectivity index (χ1n) is 9.29. The van der Waals surface area contributed by atoms with Crippen LogP contribution in [0.3, 0.4) is 0 Å². The number of nitrogens with zero attached hydrogens (tertiary/aromatic N) is 3. The normalized spacial score (nSPS) is 27.3. The molecule has 3 aliphatic heterocycles. The van der Waals surface area contributed by atoms with Gasteiger partial charge in [0.1, 0.15) is 11.9 Å². The molecule has 29 heavy (non-hydrogen) atoms. The monoisotopic (exact) mass is 389 g/mol. The van der Waals surface area contributed by atoms with Gasteiger partial charge in [0, 0.05) is 11.8 Å². The molecule has 6 nitrogen and oxygen atoms in total. The average Bonchev–Trinajstić information content (AvgIpc) is 3.21. The Morgan fingerprint density at radius 1 is 0.966 bits per heavy atom. The average molecular weight is 389 g/mol. The summed E-state index contributed by atoms with van der Waals surface area (Å²) in [5.74, 6) is -3.39. The highest BCUT2D eigenvalue weighted by Gasteiger charge is 2.64. The molecule has 0 aromatic heterocycles. The third kappa shape index (κ3) is 2.54. The van der Waals surface area contributed by atoms with E-state index < -0.39 is 41.6 Å². The Balaban J connectivity index is 1.59. The van der Waals surface area contributed by atoms with E-state index in [9.17, 15) is 18.8 Å². The Bertz CT molecular complexity index is 1080. The molecule has 7 heteroatoms. The van der Waals surface area contributed by atoms with Gasteiger partial charge in [-0.05, 0) is 24.3 Å². The number of ketones is 1. The van der Waals surface area contributed by atoms with Crippen LogP contribution in [-0.2, 0) is 9.59 Å². The SMILES string of the molecule is O=C(c1ccccc1)[C@H]1[C@H]2C(=O)N(c3cccc(F)c3)C(=O)[C@@H]2[C@H]2C=CC=NN21. The number of carbonyl (C=O) groups is 3. The molecule has 0 bridgehead atoms. The highest BCUT2D eigenvalue weighted by atomic mass is 19.1. The van der Waals surface area contributed by atoms with Gasteiger partial charge in [-0.15, -0.1) is 0 Å². The van der Waals surface area contributed by atoms with E-state index in [1.54, 1.807) is 53.7 Å². The Kier molecular flexibility index (Phi) is 3.91. The molecule has 2 fully saturated rings. The second-order valence-corrected chi connectivity index (χ2v) is 7.24. The van der Waals surface area contributed by atoms with Crippen LogP contribution < -0.4 is 4.90 Å². The zero-order valence-electron chi connectivity index (χ0n) is 15.2. The Morgan fingerprint density at radius 3 is 2.48 bits per heavy atom. The summed E-state index contributed by atoms with van der Waals surface area (Å²) in [6.07, 6.45) is 5.03. The fourth-order valence-corrected chi connectivity index (χ4v) is 4.48. The summed E-state index contributed by atoms with van der Waals surface area (Å²) < 4.78 is 13.7. The summed E-state index contributed by atoms with van der Waals surface area (Å²) in [7, 11) is 0. The topological polar surface area (TPSA) is 70.0 Å². The van der Waals surface area contributed by atoms with Crippen LogP contribution in [0.2, 0.25) is 0 Å². The van der Waals surface area contributed by atoms with Crippen molar-refractivity contribution in [3.8, 4) is 0 Å². The zero-order valence-corrected chi connectivity index (χ0v) is 15.2. The van der Waals surface area contributed by atoms with Gasteiger partial charge in [0.05, 0.1) is 23.6 Å². The second-order valence-electron chi connectivity index (χ2n) is 7.24. The zero-order chi connectivity index (χ0) is 20.1. The summed E-state index contributed by atoms with van der Waals surface area (Å²) in [6.45, 7) is 0. The lowest BCUT2D eigenvalue weighted by atomic mass is 9.86. The molecule has 2 saturated heterocycles. The number of rotatable bonds is 3. The lowest BCUT2D eigenvalue weighted by Crippen LogP contribution is -2.46. The number of Topliss-reactive ketones (excluding diaryl/α,β-unsaturated/α-hetero) is 1. The number of benzene rings is 2. The van der Waals surface area contributed by atoms with Crippen LogP contribution >= 0.6 is 0 Å². The van der Waals surface area contributed by atoms with E-state index >= 15 is 0 Å². The van der Waals surface area contributed by atoms with Gasteiger partial charge in [-0.3, -0.25) is 19.4 Å². The van der Waals surface area contributed by atoms with E-state index in [0.717, 1.165) is 11.0 Å². The van der Waals surface area contributed by atoms with Crippen LogP contribution in [0, 0.1) is 17.7 Å². The van der Waals surface area contributed by atoms with Crippen molar-refractivity contribution in [1.82, 2.24) is 5.01 Å². The summed E-state index contributed by atoms with van der Waals surface area (Å²) in [6, 6.07) is 12.6. The number of hydrazone groups is 1. The van der Waals surface area contributed by atoms with Crippen molar-refractivity contribution in [2.24, 2.45) is 16.9 Å². The van der Waals surface area contributed by atoms with E-state index in [0.29, 0.717) is 5.56 Å². The van der Waals surface area contributed by atoms with Gasteiger partial charge in [-0.1, -0.05) is 42.5 Å². The number of hydrogen-bond donors (Lipinski definition) is 0. The number of amides is 2. The molecule has 0 saturated carbocycles. The van der Waals surface area contributed by atoms with E-state index in [1.165, 1.54) is 18.2 Å². The van der Waals surface area contributed by atoms with Gasteiger partial charge >= 0.3 is 0 Å². The molecule has 3 aliphatic rings. The fraction of sp³-hybridized carbons (Fsp3) is 0.182. The first-order valence-corrected chi connectivity index (χ1v) is 9.29. The molecule has 2 aromatic carbocycles.